The molecule has 2 rings (SSSR count). The van der Waals surface area contributed by atoms with Crippen molar-refractivity contribution in [3.8, 4) is 0 Å². The third-order valence-electron chi connectivity index (χ3n) is 2.99. The van der Waals surface area contributed by atoms with Gasteiger partial charge in [-0.2, -0.15) is 11.3 Å². The second-order valence-electron chi connectivity index (χ2n) is 4.69. The first-order valence-electron chi connectivity index (χ1n) is 7.08. The number of ether oxygens (including phenoxy) is 1. The fourth-order valence-corrected chi connectivity index (χ4v) is 2.46. The van der Waals surface area contributed by atoms with Crippen LogP contribution in [0.1, 0.15) is 17.2 Å². The Morgan fingerprint density at radius 2 is 1.92 bits per heavy atom. The molecule has 0 aliphatic carbocycles. The van der Waals surface area contributed by atoms with Gasteiger partial charge in [0.05, 0.1) is 0 Å². The number of hydrogen-bond donors (Lipinski definition) is 2. The van der Waals surface area contributed by atoms with Crippen LogP contribution in [0.15, 0.2) is 53.2 Å². The van der Waals surface area contributed by atoms with Gasteiger partial charge >= 0.3 is 12.0 Å². The van der Waals surface area contributed by atoms with Crippen molar-refractivity contribution < 1.29 is 19.1 Å². The molecule has 0 aliphatic heterocycles. The lowest BCUT2D eigenvalue weighted by Crippen LogP contribution is -2.41. The van der Waals surface area contributed by atoms with Crippen molar-refractivity contribution >= 4 is 35.3 Å². The van der Waals surface area contributed by atoms with Gasteiger partial charge in [-0.25, -0.2) is 9.59 Å². The van der Waals surface area contributed by atoms with Gasteiger partial charge in [0.25, 0.3) is 5.91 Å². The van der Waals surface area contributed by atoms with E-state index in [4.69, 9.17) is 4.74 Å². The van der Waals surface area contributed by atoms with Crippen molar-refractivity contribution in [2.45, 2.75) is 6.10 Å². The first-order valence-corrected chi connectivity index (χ1v) is 8.03. The summed E-state index contributed by atoms with van der Waals surface area (Å²) in [6.45, 7) is 0. The maximum Gasteiger partial charge on any atom is 0.331 e. The number of esters is 1. The lowest BCUT2D eigenvalue weighted by atomic mass is 10.1. The van der Waals surface area contributed by atoms with Gasteiger partial charge in [-0.05, 0) is 28.5 Å². The molecule has 0 fully saturated rings. The van der Waals surface area contributed by atoms with Gasteiger partial charge in [-0.15, -0.1) is 0 Å². The molecule has 124 valence electrons. The fourth-order valence-electron chi connectivity index (χ4n) is 1.83. The number of urea groups is 1. The minimum absolute atomic E-state index is 0.469. The molecule has 0 unspecified atom stereocenters. The number of rotatable bonds is 5. The summed E-state index contributed by atoms with van der Waals surface area (Å²) in [5.74, 6) is -1.40. The molecule has 2 N–H and O–H groups in total. The number of carbonyl (C=O) groups excluding carboxylic acids is 3. The molecule has 0 saturated carbocycles. The molecule has 2 aromatic rings. The van der Waals surface area contributed by atoms with Gasteiger partial charge in [0.15, 0.2) is 0 Å². The zero-order valence-corrected chi connectivity index (χ0v) is 13.7. The Kier molecular flexibility index (Phi) is 6.27. The molecule has 3 amide bonds. The average Bonchev–Trinajstić information content (AvgIpc) is 3.12. The Morgan fingerprint density at radius 3 is 2.54 bits per heavy atom. The van der Waals surface area contributed by atoms with Gasteiger partial charge in [0.2, 0.25) is 6.10 Å². The highest BCUT2D eigenvalue weighted by Crippen LogP contribution is 2.18. The average molecular weight is 344 g/mol. The first kappa shape index (κ1) is 17.4. The second kappa shape index (κ2) is 8.64. The van der Waals surface area contributed by atoms with E-state index in [2.05, 4.69) is 10.6 Å². The van der Waals surface area contributed by atoms with Crippen LogP contribution in [0, 0.1) is 0 Å². The van der Waals surface area contributed by atoms with E-state index in [-0.39, 0.29) is 0 Å². The number of thiophene rings is 1. The van der Waals surface area contributed by atoms with Crippen LogP contribution in [-0.4, -0.2) is 25.0 Å². The minimum atomic E-state index is -1.22. The smallest absolute Gasteiger partial charge is 0.331 e. The molecule has 1 heterocycles. The predicted octanol–water partition coefficient (Wildman–Crippen LogP) is 2.50. The number of carbonyl (C=O) groups is 3. The van der Waals surface area contributed by atoms with Crippen LogP contribution in [0.4, 0.5) is 4.79 Å². The monoisotopic (exact) mass is 344 g/mol. The molecule has 0 radical (unpaired) electrons. The summed E-state index contributed by atoms with van der Waals surface area (Å²) in [7, 11) is 1.38. The molecule has 0 spiro atoms. The highest BCUT2D eigenvalue weighted by molar-refractivity contribution is 7.08. The standard InChI is InChI=1S/C17H16N2O4S/c1-18-17(22)19-16(21)15(13-5-3-2-4-6-13)23-14(20)8-7-12-9-10-24-11-12/h2-11,15H,1H3,(H2,18,19,21,22)/b8-7+/t15-/m1/s1. The maximum absolute atomic E-state index is 12.2. The van der Waals surface area contributed by atoms with Crippen molar-refractivity contribution in [3.63, 3.8) is 0 Å². The third kappa shape index (κ3) is 5.06. The summed E-state index contributed by atoms with van der Waals surface area (Å²) in [4.78, 5) is 35.5. The summed E-state index contributed by atoms with van der Waals surface area (Å²) >= 11 is 1.50. The predicted molar refractivity (Wildman–Crippen MR) is 91.2 cm³/mol. The molecule has 1 aromatic carbocycles. The van der Waals surface area contributed by atoms with E-state index >= 15 is 0 Å². The van der Waals surface area contributed by atoms with E-state index in [1.54, 1.807) is 36.4 Å². The van der Waals surface area contributed by atoms with Crippen LogP contribution in [0.25, 0.3) is 6.08 Å². The quantitative estimate of drug-likeness (QED) is 0.645. The van der Waals surface area contributed by atoms with E-state index in [1.165, 1.54) is 24.5 Å². The van der Waals surface area contributed by atoms with E-state index in [0.29, 0.717) is 5.56 Å². The van der Waals surface area contributed by atoms with Crippen LogP contribution >= 0.6 is 11.3 Å². The number of benzene rings is 1. The van der Waals surface area contributed by atoms with Crippen LogP contribution in [0.3, 0.4) is 0 Å². The Labute approximate surface area is 143 Å². The number of imide groups is 1. The van der Waals surface area contributed by atoms with Gasteiger partial charge in [-0.3, -0.25) is 10.1 Å². The molecule has 1 atom stereocenters. The summed E-state index contributed by atoms with van der Waals surface area (Å²) < 4.78 is 5.23. The highest BCUT2D eigenvalue weighted by atomic mass is 32.1. The normalized spacial score (nSPS) is 11.7. The SMILES string of the molecule is CNC(=O)NC(=O)[C@H](OC(=O)/C=C/c1ccsc1)c1ccccc1. The van der Waals surface area contributed by atoms with E-state index < -0.39 is 24.0 Å². The van der Waals surface area contributed by atoms with Crippen LogP contribution < -0.4 is 10.6 Å². The minimum Gasteiger partial charge on any atom is -0.444 e. The third-order valence-corrected chi connectivity index (χ3v) is 3.69. The van der Waals surface area contributed by atoms with Crippen molar-refractivity contribution in [1.29, 1.82) is 0 Å². The number of amides is 3. The van der Waals surface area contributed by atoms with E-state index in [0.717, 1.165) is 5.56 Å². The van der Waals surface area contributed by atoms with Gasteiger partial charge in [0, 0.05) is 18.7 Å². The largest absolute Gasteiger partial charge is 0.444 e. The lowest BCUT2D eigenvalue weighted by Gasteiger charge is -2.16. The van der Waals surface area contributed by atoms with Crippen molar-refractivity contribution in [1.82, 2.24) is 10.6 Å². The zero-order chi connectivity index (χ0) is 17.4. The Hall–Kier alpha value is -2.93. The Balaban J connectivity index is 2.12. The molecule has 0 bridgehead atoms. The van der Waals surface area contributed by atoms with Crippen LogP contribution in [0.5, 0.6) is 0 Å². The highest BCUT2D eigenvalue weighted by Gasteiger charge is 2.25. The summed E-state index contributed by atoms with van der Waals surface area (Å²) in [6, 6.07) is 9.66. The molecule has 0 aliphatic rings. The Morgan fingerprint density at radius 1 is 1.17 bits per heavy atom. The summed E-state index contributed by atoms with van der Waals surface area (Å²) in [6.07, 6.45) is 1.62. The molecule has 1 aromatic heterocycles. The number of nitrogens with one attached hydrogen (secondary N) is 2. The lowest BCUT2D eigenvalue weighted by molar-refractivity contribution is -0.151. The van der Waals surface area contributed by atoms with Crippen LogP contribution in [0.2, 0.25) is 0 Å². The fraction of sp³-hybridized carbons (Fsp3) is 0.118. The van der Waals surface area contributed by atoms with E-state index in [9.17, 15) is 14.4 Å². The van der Waals surface area contributed by atoms with Gasteiger partial charge in [0.1, 0.15) is 0 Å². The zero-order valence-electron chi connectivity index (χ0n) is 12.9. The molecular formula is C17H16N2O4S. The summed E-state index contributed by atoms with van der Waals surface area (Å²) in [5, 5.41) is 8.14. The topological polar surface area (TPSA) is 84.5 Å². The van der Waals surface area contributed by atoms with Crippen molar-refractivity contribution in [3.05, 3.63) is 64.4 Å². The summed E-state index contributed by atoms with van der Waals surface area (Å²) in [5.41, 5.74) is 1.33. The molecular weight excluding hydrogens is 328 g/mol. The van der Waals surface area contributed by atoms with Crippen LogP contribution in [-0.2, 0) is 14.3 Å². The van der Waals surface area contributed by atoms with Gasteiger partial charge < -0.3 is 10.1 Å². The molecule has 0 saturated heterocycles. The van der Waals surface area contributed by atoms with Gasteiger partial charge in [-0.1, -0.05) is 30.3 Å². The van der Waals surface area contributed by atoms with Crippen molar-refractivity contribution in [2.75, 3.05) is 7.05 Å². The molecule has 24 heavy (non-hydrogen) atoms. The molecule has 7 heteroatoms. The second-order valence-corrected chi connectivity index (χ2v) is 5.47. The maximum atomic E-state index is 12.2. The van der Waals surface area contributed by atoms with E-state index in [1.807, 2.05) is 16.8 Å². The molecule has 6 nitrogen and oxygen atoms in total. The van der Waals surface area contributed by atoms with Crippen molar-refractivity contribution in [2.24, 2.45) is 0 Å². The Bertz CT molecular complexity index is 726. The number of hydrogen-bond acceptors (Lipinski definition) is 5. The first-order chi connectivity index (χ1) is 11.6.